The molecule has 0 aliphatic carbocycles. The first-order valence-electron chi connectivity index (χ1n) is 7.78. The van der Waals surface area contributed by atoms with E-state index in [4.69, 9.17) is 4.74 Å². The summed E-state index contributed by atoms with van der Waals surface area (Å²) in [5.41, 5.74) is 6.28. The summed E-state index contributed by atoms with van der Waals surface area (Å²) in [4.78, 5) is 26.5. The molecule has 0 radical (unpaired) electrons. The molecule has 1 atom stereocenters. The van der Waals surface area contributed by atoms with Crippen LogP contribution in [0.1, 0.15) is 43.7 Å². The van der Waals surface area contributed by atoms with E-state index in [9.17, 15) is 9.59 Å². The molecule has 0 saturated carbocycles. The highest BCUT2D eigenvalue weighted by Gasteiger charge is 2.17. The first kappa shape index (κ1) is 17.6. The normalized spacial score (nSPS) is 12.3. The van der Waals surface area contributed by atoms with Crippen LogP contribution in [0.25, 0.3) is 0 Å². The predicted octanol–water partition coefficient (Wildman–Crippen LogP) is 2.54. The summed E-state index contributed by atoms with van der Waals surface area (Å²) in [6, 6.07) is 10.9. The number of carbonyl (C=O) groups is 2. The Morgan fingerprint density at radius 1 is 1.08 bits per heavy atom. The second kappa shape index (κ2) is 7.21. The van der Waals surface area contributed by atoms with Gasteiger partial charge in [0.1, 0.15) is 11.4 Å². The van der Waals surface area contributed by atoms with Crippen LogP contribution in [0.15, 0.2) is 42.6 Å². The Labute approximate surface area is 141 Å². The number of rotatable bonds is 4. The quantitative estimate of drug-likeness (QED) is 0.754. The van der Waals surface area contributed by atoms with Gasteiger partial charge >= 0.3 is 0 Å². The second-order valence-electron chi connectivity index (χ2n) is 6.56. The molecule has 1 aromatic carbocycles. The number of benzene rings is 1. The van der Waals surface area contributed by atoms with Gasteiger partial charge in [-0.05, 0) is 42.2 Å². The summed E-state index contributed by atoms with van der Waals surface area (Å²) in [6.45, 7) is 8.01. The first-order valence-corrected chi connectivity index (χ1v) is 7.78. The van der Waals surface area contributed by atoms with Gasteiger partial charge in [-0.15, -0.1) is 0 Å². The van der Waals surface area contributed by atoms with Crippen LogP contribution in [0.3, 0.4) is 0 Å². The molecule has 2 rings (SSSR count). The number of amides is 2. The van der Waals surface area contributed by atoms with Gasteiger partial charge in [0.25, 0.3) is 11.8 Å². The third-order valence-corrected chi connectivity index (χ3v) is 3.54. The summed E-state index contributed by atoms with van der Waals surface area (Å²) in [7, 11) is 0. The zero-order valence-electron chi connectivity index (χ0n) is 14.3. The lowest BCUT2D eigenvalue weighted by Crippen LogP contribution is -2.47. The molecule has 6 heteroatoms. The number of carbonyl (C=O) groups excluding carboxylic acids is 2. The molecule has 2 aromatic rings. The van der Waals surface area contributed by atoms with Crippen molar-refractivity contribution in [3.05, 3.63) is 53.9 Å². The maximum absolute atomic E-state index is 12.0. The molecule has 0 fully saturated rings. The molecule has 3 N–H and O–H groups in total. The van der Waals surface area contributed by atoms with Crippen molar-refractivity contribution in [2.24, 2.45) is 0 Å². The molecule has 6 nitrogen and oxygen atoms in total. The number of hydrazine groups is 1. The third-order valence-electron chi connectivity index (χ3n) is 3.54. The SMILES string of the molecule is CC(Oc1ccc(C(C)(C)C)cc1)C(=O)NNC(=O)c1ccc[nH]1. The third kappa shape index (κ3) is 4.62. The molecule has 0 spiro atoms. The first-order chi connectivity index (χ1) is 11.3. The van der Waals surface area contributed by atoms with Crippen molar-refractivity contribution in [3.63, 3.8) is 0 Å². The average Bonchev–Trinajstić information content (AvgIpc) is 3.06. The minimum Gasteiger partial charge on any atom is -0.481 e. The summed E-state index contributed by atoms with van der Waals surface area (Å²) in [5.74, 6) is -0.258. The van der Waals surface area contributed by atoms with E-state index in [-0.39, 0.29) is 5.41 Å². The van der Waals surface area contributed by atoms with Crippen LogP contribution in [-0.2, 0) is 10.2 Å². The van der Waals surface area contributed by atoms with Crippen molar-refractivity contribution >= 4 is 11.8 Å². The zero-order chi connectivity index (χ0) is 17.7. The van der Waals surface area contributed by atoms with Crippen LogP contribution in [0.2, 0.25) is 0 Å². The number of ether oxygens (including phenoxy) is 1. The van der Waals surface area contributed by atoms with E-state index in [1.807, 2.05) is 24.3 Å². The van der Waals surface area contributed by atoms with Crippen LogP contribution < -0.4 is 15.6 Å². The molecule has 128 valence electrons. The van der Waals surface area contributed by atoms with Crippen LogP contribution in [-0.4, -0.2) is 22.9 Å². The number of nitrogens with one attached hydrogen (secondary N) is 3. The van der Waals surface area contributed by atoms with Gasteiger partial charge in [0.05, 0.1) is 0 Å². The van der Waals surface area contributed by atoms with Crippen molar-refractivity contribution in [1.82, 2.24) is 15.8 Å². The van der Waals surface area contributed by atoms with Gasteiger partial charge in [-0.2, -0.15) is 0 Å². The topological polar surface area (TPSA) is 83.2 Å². The zero-order valence-corrected chi connectivity index (χ0v) is 14.3. The molecule has 1 heterocycles. The van der Waals surface area contributed by atoms with Gasteiger partial charge in [0.15, 0.2) is 6.10 Å². The fourth-order valence-corrected chi connectivity index (χ4v) is 2.05. The lowest BCUT2D eigenvalue weighted by molar-refractivity contribution is -0.128. The van der Waals surface area contributed by atoms with Crippen molar-refractivity contribution < 1.29 is 14.3 Å². The largest absolute Gasteiger partial charge is 0.481 e. The van der Waals surface area contributed by atoms with Gasteiger partial charge in [-0.1, -0.05) is 32.9 Å². The Balaban J connectivity index is 1.86. The van der Waals surface area contributed by atoms with Gasteiger partial charge in [-0.3, -0.25) is 20.4 Å². The summed E-state index contributed by atoms with van der Waals surface area (Å²) in [6.07, 6.45) is 0.887. The van der Waals surface area contributed by atoms with Crippen LogP contribution >= 0.6 is 0 Å². The van der Waals surface area contributed by atoms with Gasteiger partial charge < -0.3 is 9.72 Å². The Morgan fingerprint density at radius 2 is 1.75 bits per heavy atom. The highest BCUT2D eigenvalue weighted by atomic mass is 16.5. The molecule has 2 amide bonds. The van der Waals surface area contributed by atoms with E-state index in [1.165, 1.54) is 5.56 Å². The molecule has 0 aliphatic heterocycles. The van der Waals surface area contributed by atoms with E-state index in [0.29, 0.717) is 11.4 Å². The molecular weight excluding hydrogens is 306 g/mol. The minimum atomic E-state index is -0.741. The van der Waals surface area contributed by atoms with E-state index in [0.717, 1.165) is 0 Å². The Hall–Kier alpha value is -2.76. The van der Waals surface area contributed by atoms with E-state index in [1.54, 1.807) is 25.3 Å². The molecule has 24 heavy (non-hydrogen) atoms. The molecule has 0 bridgehead atoms. The van der Waals surface area contributed by atoms with Crippen molar-refractivity contribution in [2.45, 2.75) is 39.2 Å². The lowest BCUT2D eigenvalue weighted by Gasteiger charge is -2.20. The minimum absolute atomic E-state index is 0.0591. The standard InChI is InChI=1S/C18H23N3O3/c1-12(16(22)20-21-17(23)15-6-5-11-19-15)24-14-9-7-13(8-10-14)18(2,3)4/h5-12,19H,1-4H3,(H,20,22)(H,21,23). The van der Waals surface area contributed by atoms with E-state index in [2.05, 4.69) is 36.6 Å². The van der Waals surface area contributed by atoms with Crippen molar-refractivity contribution in [2.75, 3.05) is 0 Å². The fourth-order valence-electron chi connectivity index (χ4n) is 2.05. The Kier molecular flexibility index (Phi) is 5.28. The van der Waals surface area contributed by atoms with E-state index >= 15 is 0 Å². The average molecular weight is 329 g/mol. The van der Waals surface area contributed by atoms with Crippen LogP contribution in [0.5, 0.6) is 5.75 Å². The second-order valence-corrected chi connectivity index (χ2v) is 6.56. The maximum atomic E-state index is 12.0. The molecule has 0 aliphatic rings. The molecule has 0 saturated heterocycles. The van der Waals surface area contributed by atoms with Crippen LogP contribution in [0.4, 0.5) is 0 Å². The Bertz CT molecular complexity index is 685. The lowest BCUT2D eigenvalue weighted by atomic mass is 9.87. The van der Waals surface area contributed by atoms with Crippen LogP contribution in [0, 0.1) is 0 Å². The smallest absolute Gasteiger partial charge is 0.286 e. The van der Waals surface area contributed by atoms with Crippen molar-refractivity contribution in [3.8, 4) is 5.75 Å². The fraction of sp³-hybridized carbons (Fsp3) is 0.333. The van der Waals surface area contributed by atoms with Crippen molar-refractivity contribution in [1.29, 1.82) is 0 Å². The van der Waals surface area contributed by atoms with Gasteiger partial charge in [-0.25, -0.2) is 0 Å². The van der Waals surface area contributed by atoms with Gasteiger partial charge in [0.2, 0.25) is 0 Å². The summed E-state index contributed by atoms with van der Waals surface area (Å²) >= 11 is 0. The summed E-state index contributed by atoms with van der Waals surface area (Å²) < 4.78 is 5.60. The number of aromatic nitrogens is 1. The molecule has 1 unspecified atom stereocenters. The monoisotopic (exact) mass is 329 g/mol. The van der Waals surface area contributed by atoms with Gasteiger partial charge in [0, 0.05) is 6.20 Å². The molecular formula is C18H23N3O3. The number of hydrogen-bond acceptors (Lipinski definition) is 3. The number of H-pyrrole nitrogens is 1. The predicted molar refractivity (Wildman–Crippen MR) is 91.6 cm³/mol. The number of aromatic amines is 1. The summed E-state index contributed by atoms with van der Waals surface area (Å²) in [5, 5.41) is 0. The van der Waals surface area contributed by atoms with E-state index < -0.39 is 17.9 Å². The highest BCUT2D eigenvalue weighted by molar-refractivity contribution is 5.94. The maximum Gasteiger partial charge on any atom is 0.286 e. The Morgan fingerprint density at radius 3 is 2.29 bits per heavy atom. The number of hydrogen-bond donors (Lipinski definition) is 3. The molecule has 1 aromatic heterocycles. The highest BCUT2D eigenvalue weighted by Crippen LogP contribution is 2.24.